The maximum atomic E-state index is 10.2. The highest BCUT2D eigenvalue weighted by Crippen LogP contribution is 2.66. The number of hydrogen-bond donors (Lipinski definition) is 1. The molecule has 0 aromatic carbocycles. The van der Waals surface area contributed by atoms with Gasteiger partial charge in [-0.3, -0.25) is 0 Å². The molecule has 0 radical (unpaired) electrons. The summed E-state index contributed by atoms with van der Waals surface area (Å²) in [4.78, 5) is 0. The summed E-state index contributed by atoms with van der Waals surface area (Å²) < 4.78 is 0. The molecule has 0 unspecified atom stereocenters. The van der Waals surface area contributed by atoms with Crippen LogP contribution in [0, 0.1) is 40.4 Å². The molecule has 1 heteroatoms. The van der Waals surface area contributed by atoms with Gasteiger partial charge in [0, 0.05) is 0 Å². The molecule has 7 atom stereocenters. The summed E-state index contributed by atoms with van der Waals surface area (Å²) in [5, 5.41) is 10.2. The van der Waals surface area contributed by atoms with Gasteiger partial charge in [-0.2, -0.15) is 0 Å². The summed E-state index contributed by atoms with van der Waals surface area (Å²) in [7, 11) is 0. The molecule has 0 aromatic heterocycles. The number of hydrogen-bond acceptors (Lipinski definition) is 1. The van der Waals surface area contributed by atoms with Crippen LogP contribution in [0.2, 0.25) is 0 Å². The summed E-state index contributed by atoms with van der Waals surface area (Å²) in [6.07, 6.45) is 18.5. The maximum absolute atomic E-state index is 10.2. The highest BCUT2D eigenvalue weighted by atomic mass is 16.3. The maximum Gasteiger partial charge on any atom is 0.0578 e. The van der Waals surface area contributed by atoms with Gasteiger partial charge >= 0.3 is 0 Å². The van der Waals surface area contributed by atoms with Gasteiger partial charge in [0.2, 0.25) is 0 Å². The first-order chi connectivity index (χ1) is 14.2. The van der Waals surface area contributed by atoms with Gasteiger partial charge in [-0.1, -0.05) is 69.6 Å². The number of rotatable bonds is 5. The van der Waals surface area contributed by atoms with Gasteiger partial charge in [-0.25, -0.2) is 0 Å². The predicted molar refractivity (Wildman–Crippen MR) is 128 cm³/mol. The molecular weight excluding hydrogens is 364 g/mol. The zero-order valence-electron chi connectivity index (χ0n) is 20.5. The average molecular weight is 411 g/mol. The Kier molecular flexibility index (Phi) is 6.17. The Morgan fingerprint density at radius 2 is 1.83 bits per heavy atom. The molecule has 4 rings (SSSR count). The van der Waals surface area contributed by atoms with E-state index in [1.807, 2.05) is 0 Å². The molecule has 0 amide bonds. The lowest BCUT2D eigenvalue weighted by atomic mass is 9.50. The third kappa shape index (κ3) is 3.58. The number of aliphatic hydroxyl groups excluding tert-OH is 1. The Morgan fingerprint density at radius 3 is 2.53 bits per heavy atom. The zero-order chi connectivity index (χ0) is 21.7. The van der Waals surface area contributed by atoms with Crippen molar-refractivity contribution in [2.45, 2.75) is 105 Å². The summed E-state index contributed by atoms with van der Waals surface area (Å²) in [6.45, 7) is 14.6. The van der Waals surface area contributed by atoms with Crippen LogP contribution in [-0.2, 0) is 0 Å². The highest BCUT2D eigenvalue weighted by molar-refractivity contribution is 5.38. The van der Waals surface area contributed by atoms with Crippen molar-refractivity contribution in [2.24, 2.45) is 40.4 Å². The van der Waals surface area contributed by atoms with Crippen LogP contribution in [0.1, 0.15) is 99.3 Å². The quantitative estimate of drug-likeness (QED) is 0.457. The van der Waals surface area contributed by atoms with Gasteiger partial charge < -0.3 is 5.11 Å². The first kappa shape index (κ1) is 22.4. The van der Waals surface area contributed by atoms with Gasteiger partial charge in [0.1, 0.15) is 0 Å². The molecule has 0 saturated heterocycles. The van der Waals surface area contributed by atoms with Gasteiger partial charge in [-0.15, -0.1) is 0 Å². The molecule has 0 bridgehead atoms. The minimum atomic E-state index is -0.113. The van der Waals surface area contributed by atoms with Gasteiger partial charge in [0.05, 0.1) is 6.10 Å². The Bertz CT molecular complexity index is 739. The summed E-state index contributed by atoms with van der Waals surface area (Å²) in [5.74, 6) is 3.90. The Balaban J connectivity index is 1.52. The van der Waals surface area contributed by atoms with Crippen LogP contribution in [0.3, 0.4) is 0 Å². The fourth-order valence-corrected chi connectivity index (χ4v) is 8.32. The SMILES string of the molecule is CC=C(CC[C@@H](C)[C@H]1CC[C@H]2C3=CC=C4C[C@H](O)CC[C@]4(C)[C@H]3CC[C@]12C)C(C)C. The smallest absolute Gasteiger partial charge is 0.0578 e. The molecule has 4 aliphatic rings. The van der Waals surface area contributed by atoms with Crippen molar-refractivity contribution in [1.82, 2.24) is 0 Å². The van der Waals surface area contributed by atoms with Crippen LogP contribution in [0.25, 0.3) is 0 Å². The van der Waals surface area contributed by atoms with E-state index < -0.39 is 0 Å². The van der Waals surface area contributed by atoms with E-state index in [9.17, 15) is 5.11 Å². The first-order valence-corrected chi connectivity index (χ1v) is 12.9. The summed E-state index contributed by atoms with van der Waals surface area (Å²) in [5.41, 5.74) is 5.77. The second-order valence-electron chi connectivity index (χ2n) is 12.0. The third-order valence-corrected chi connectivity index (χ3v) is 10.3. The molecule has 1 nitrogen and oxygen atoms in total. The van der Waals surface area contributed by atoms with E-state index in [1.54, 1.807) is 11.1 Å². The Hall–Kier alpha value is -0.820. The third-order valence-electron chi connectivity index (χ3n) is 10.3. The molecular formula is C29H46O. The topological polar surface area (TPSA) is 20.2 Å². The second kappa shape index (κ2) is 8.27. The van der Waals surface area contributed by atoms with Gasteiger partial charge in [-0.05, 0) is 105 Å². The Labute approximate surface area is 186 Å². The fourth-order valence-electron chi connectivity index (χ4n) is 8.32. The lowest BCUT2D eigenvalue weighted by Crippen LogP contribution is -2.46. The van der Waals surface area contributed by atoms with Crippen LogP contribution in [-0.4, -0.2) is 11.2 Å². The largest absolute Gasteiger partial charge is 0.393 e. The van der Waals surface area contributed by atoms with Crippen LogP contribution < -0.4 is 0 Å². The van der Waals surface area contributed by atoms with E-state index in [-0.39, 0.29) is 6.10 Å². The minimum Gasteiger partial charge on any atom is -0.393 e. The molecule has 0 spiro atoms. The van der Waals surface area contributed by atoms with Crippen LogP contribution in [0.5, 0.6) is 0 Å². The van der Waals surface area contributed by atoms with Crippen molar-refractivity contribution in [3.05, 3.63) is 34.9 Å². The minimum absolute atomic E-state index is 0.113. The molecule has 30 heavy (non-hydrogen) atoms. The molecule has 0 aromatic rings. The van der Waals surface area contributed by atoms with Crippen molar-refractivity contribution in [1.29, 1.82) is 0 Å². The normalized spacial score (nSPS) is 42.2. The van der Waals surface area contributed by atoms with Crippen molar-refractivity contribution >= 4 is 0 Å². The molecule has 4 aliphatic carbocycles. The lowest BCUT2D eigenvalue weighted by Gasteiger charge is -2.55. The number of fused-ring (bicyclic) bond motifs is 5. The van der Waals surface area contributed by atoms with Crippen LogP contribution in [0.4, 0.5) is 0 Å². The highest BCUT2D eigenvalue weighted by Gasteiger charge is 2.56. The zero-order valence-corrected chi connectivity index (χ0v) is 20.5. The molecule has 0 heterocycles. The average Bonchev–Trinajstić information content (AvgIpc) is 3.06. The fraction of sp³-hybridized carbons (Fsp3) is 0.793. The molecule has 168 valence electrons. The Morgan fingerprint density at radius 1 is 1.07 bits per heavy atom. The van der Waals surface area contributed by atoms with Crippen molar-refractivity contribution in [2.75, 3.05) is 0 Å². The van der Waals surface area contributed by atoms with E-state index in [1.165, 1.54) is 50.5 Å². The van der Waals surface area contributed by atoms with Crippen molar-refractivity contribution < 1.29 is 5.11 Å². The second-order valence-corrected chi connectivity index (χ2v) is 12.0. The van der Waals surface area contributed by atoms with E-state index in [0.29, 0.717) is 16.7 Å². The van der Waals surface area contributed by atoms with Crippen molar-refractivity contribution in [3.63, 3.8) is 0 Å². The van der Waals surface area contributed by atoms with Gasteiger partial charge in [0.15, 0.2) is 0 Å². The first-order valence-electron chi connectivity index (χ1n) is 12.9. The van der Waals surface area contributed by atoms with Crippen LogP contribution in [0.15, 0.2) is 34.9 Å². The number of allylic oxidation sites excluding steroid dienone is 5. The number of aliphatic hydroxyl groups is 1. The van der Waals surface area contributed by atoms with Crippen LogP contribution >= 0.6 is 0 Å². The molecule has 3 saturated carbocycles. The predicted octanol–water partition coefficient (Wildman–Crippen LogP) is 7.87. The van der Waals surface area contributed by atoms with Gasteiger partial charge in [0.25, 0.3) is 0 Å². The van der Waals surface area contributed by atoms with E-state index in [0.717, 1.165) is 36.5 Å². The molecule has 3 fully saturated rings. The van der Waals surface area contributed by atoms with E-state index in [4.69, 9.17) is 0 Å². The van der Waals surface area contributed by atoms with E-state index >= 15 is 0 Å². The molecule has 1 N–H and O–H groups in total. The standard InChI is InChI=1S/C29H46O/c1-7-21(19(2)3)9-8-20(4)25-12-13-26-24-11-10-22-18-23(30)14-16-28(22,5)27(24)15-17-29(25,26)6/h7,10-11,19-20,23,25-27,30H,8-9,12-18H2,1-6H3/t20-,23-,25-,26+,27+,28+,29-/m1/s1. The monoisotopic (exact) mass is 410 g/mol. The summed E-state index contributed by atoms with van der Waals surface area (Å²) in [6, 6.07) is 0. The van der Waals surface area contributed by atoms with E-state index in [2.05, 4.69) is 59.8 Å². The lowest BCUT2D eigenvalue weighted by molar-refractivity contribution is 0.0326. The van der Waals surface area contributed by atoms with Crippen molar-refractivity contribution in [3.8, 4) is 0 Å². The molecule has 0 aliphatic heterocycles. The summed E-state index contributed by atoms with van der Waals surface area (Å²) >= 11 is 0.